The first-order chi connectivity index (χ1) is 7.18. The molecule has 0 saturated heterocycles. The Morgan fingerprint density at radius 2 is 1.33 bits per heavy atom. The Morgan fingerprint density at radius 1 is 0.800 bits per heavy atom. The Hall–Kier alpha value is -0.0400. The summed E-state index contributed by atoms with van der Waals surface area (Å²) >= 11 is 0. The first-order valence-electron chi connectivity index (χ1n) is 6.91. The van der Waals surface area contributed by atoms with Gasteiger partial charge in [0, 0.05) is 6.04 Å². The summed E-state index contributed by atoms with van der Waals surface area (Å²) in [4.78, 5) is 0. The molecule has 0 aromatic heterocycles. The van der Waals surface area contributed by atoms with Gasteiger partial charge in [0.05, 0.1) is 0 Å². The van der Waals surface area contributed by atoms with E-state index in [1.807, 2.05) is 0 Å². The van der Waals surface area contributed by atoms with Gasteiger partial charge in [-0.25, -0.2) is 0 Å². The van der Waals surface area contributed by atoms with E-state index >= 15 is 0 Å². The minimum Gasteiger partial charge on any atom is -0.314 e. The van der Waals surface area contributed by atoms with Gasteiger partial charge in [0.25, 0.3) is 0 Å². The fraction of sp³-hybridized carbons (Fsp3) is 1.00. The van der Waals surface area contributed by atoms with Crippen LogP contribution in [0.2, 0.25) is 0 Å². The van der Waals surface area contributed by atoms with Crippen molar-refractivity contribution < 1.29 is 0 Å². The van der Waals surface area contributed by atoms with E-state index in [0.29, 0.717) is 6.04 Å². The molecular formula is C14H31N. The molecule has 0 aromatic rings. The first kappa shape index (κ1) is 15.0. The van der Waals surface area contributed by atoms with Gasteiger partial charge >= 0.3 is 0 Å². The predicted molar refractivity (Wildman–Crippen MR) is 70.3 cm³/mol. The molecule has 1 N–H and O–H groups in total. The number of unbranched alkanes of at least 4 members (excludes halogenated alkanes) is 6. The molecular weight excluding hydrogens is 182 g/mol. The van der Waals surface area contributed by atoms with Gasteiger partial charge in [-0.1, -0.05) is 59.3 Å². The maximum atomic E-state index is 3.58. The molecule has 1 unspecified atom stereocenters. The zero-order chi connectivity index (χ0) is 11.5. The summed E-state index contributed by atoms with van der Waals surface area (Å²) in [5.41, 5.74) is 0. The lowest BCUT2D eigenvalue weighted by Gasteiger charge is -2.17. The van der Waals surface area contributed by atoms with Crippen molar-refractivity contribution >= 4 is 0 Å². The highest BCUT2D eigenvalue weighted by molar-refractivity contribution is 4.63. The third-order valence-electron chi connectivity index (χ3n) is 3.25. The summed E-state index contributed by atoms with van der Waals surface area (Å²) < 4.78 is 0. The lowest BCUT2D eigenvalue weighted by Crippen LogP contribution is -2.31. The van der Waals surface area contributed by atoms with Crippen molar-refractivity contribution in [3.63, 3.8) is 0 Å². The Kier molecular flexibility index (Phi) is 10.4. The van der Waals surface area contributed by atoms with E-state index in [-0.39, 0.29) is 0 Å². The van der Waals surface area contributed by atoms with Crippen LogP contribution >= 0.6 is 0 Å². The van der Waals surface area contributed by atoms with Crippen LogP contribution in [0.5, 0.6) is 0 Å². The molecule has 0 bridgehead atoms. The fourth-order valence-corrected chi connectivity index (χ4v) is 1.65. The van der Waals surface area contributed by atoms with Gasteiger partial charge in [-0.05, 0) is 25.8 Å². The van der Waals surface area contributed by atoms with E-state index in [9.17, 15) is 0 Å². The molecule has 15 heavy (non-hydrogen) atoms. The molecule has 1 heteroatoms. The Morgan fingerprint density at radius 3 is 1.87 bits per heavy atom. The molecule has 0 aliphatic rings. The second kappa shape index (κ2) is 10.5. The average Bonchev–Trinajstić information content (AvgIpc) is 2.21. The van der Waals surface area contributed by atoms with E-state index in [1.165, 1.54) is 51.5 Å². The lowest BCUT2D eigenvalue weighted by molar-refractivity contribution is 0.419. The van der Waals surface area contributed by atoms with E-state index in [4.69, 9.17) is 0 Å². The van der Waals surface area contributed by atoms with Crippen molar-refractivity contribution in [2.45, 2.75) is 78.7 Å². The molecule has 0 aliphatic carbocycles. The van der Waals surface area contributed by atoms with Crippen LogP contribution in [-0.2, 0) is 0 Å². The summed E-state index contributed by atoms with van der Waals surface area (Å²) in [6, 6.07) is 0.671. The van der Waals surface area contributed by atoms with Gasteiger partial charge in [0.15, 0.2) is 0 Å². The molecule has 0 radical (unpaired) electrons. The zero-order valence-corrected chi connectivity index (χ0v) is 11.3. The molecule has 0 spiro atoms. The van der Waals surface area contributed by atoms with Crippen LogP contribution < -0.4 is 5.32 Å². The van der Waals surface area contributed by atoms with E-state index in [2.05, 4.69) is 33.0 Å². The highest BCUT2D eigenvalue weighted by Crippen LogP contribution is 2.06. The summed E-state index contributed by atoms with van der Waals surface area (Å²) in [6.45, 7) is 10.3. The van der Waals surface area contributed by atoms with Gasteiger partial charge in [-0.2, -0.15) is 0 Å². The van der Waals surface area contributed by atoms with Crippen LogP contribution in [0, 0.1) is 5.92 Å². The highest BCUT2D eigenvalue weighted by atomic mass is 14.9. The number of hydrogen-bond donors (Lipinski definition) is 1. The summed E-state index contributed by atoms with van der Waals surface area (Å²) in [6.07, 6.45) is 9.83. The molecule has 0 rings (SSSR count). The minimum atomic E-state index is 0.671. The maximum absolute atomic E-state index is 3.58. The summed E-state index contributed by atoms with van der Waals surface area (Å²) in [7, 11) is 0. The van der Waals surface area contributed by atoms with Gasteiger partial charge in [-0.3, -0.25) is 0 Å². The van der Waals surface area contributed by atoms with Gasteiger partial charge in [0.1, 0.15) is 0 Å². The van der Waals surface area contributed by atoms with Crippen molar-refractivity contribution in [3.8, 4) is 0 Å². The van der Waals surface area contributed by atoms with Crippen LogP contribution in [0.15, 0.2) is 0 Å². The molecule has 0 aromatic carbocycles. The largest absolute Gasteiger partial charge is 0.314 e. The number of rotatable bonds is 10. The molecule has 92 valence electrons. The van der Waals surface area contributed by atoms with Crippen LogP contribution in [0.3, 0.4) is 0 Å². The second-order valence-electron chi connectivity index (χ2n) is 5.11. The topological polar surface area (TPSA) is 12.0 Å². The van der Waals surface area contributed by atoms with Crippen molar-refractivity contribution in [2.75, 3.05) is 6.54 Å². The third-order valence-corrected chi connectivity index (χ3v) is 3.25. The Bertz CT molecular complexity index is 121. The monoisotopic (exact) mass is 213 g/mol. The number of hydrogen-bond acceptors (Lipinski definition) is 1. The van der Waals surface area contributed by atoms with Crippen LogP contribution in [0.25, 0.3) is 0 Å². The predicted octanol–water partition coefficient (Wildman–Crippen LogP) is 4.37. The number of nitrogens with one attached hydrogen (secondary N) is 1. The highest BCUT2D eigenvalue weighted by Gasteiger charge is 2.04. The van der Waals surface area contributed by atoms with Crippen molar-refractivity contribution in [2.24, 2.45) is 5.92 Å². The SMILES string of the molecule is CCCCCCCCCNC(C)C(C)C. The van der Waals surface area contributed by atoms with E-state index in [1.54, 1.807) is 0 Å². The van der Waals surface area contributed by atoms with Gasteiger partial charge in [-0.15, -0.1) is 0 Å². The molecule has 1 nitrogen and oxygen atoms in total. The smallest absolute Gasteiger partial charge is 0.00617 e. The van der Waals surface area contributed by atoms with Crippen molar-refractivity contribution in [3.05, 3.63) is 0 Å². The van der Waals surface area contributed by atoms with Gasteiger partial charge in [0.2, 0.25) is 0 Å². The fourth-order valence-electron chi connectivity index (χ4n) is 1.65. The average molecular weight is 213 g/mol. The lowest BCUT2D eigenvalue weighted by atomic mass is 10.1. The Balaban J connectivity index is 3.05. The molecule has 1 atom stereocenters. The van der Waals surface area contributed by atoms with Crippen molar-refractivity contribution in [1.82, 2.24) is 5.32 Å². The molecule has 0 fully saturated rings. The van der Waals surface area contributed by atoms with Crippen LogP contribution in [0.1, 0.15) is 72.6 Å². The third kappa shape index (κ3) is 10.2. The zero-order valence-electron chi connectivity index (χ0n) is 11.3. The first-order valence-corrected chi connectivity index (χ1v) is 6.91. The molecule has 0 aliphatic heterocycles. The minimum absolute atomic E-state index is 0.671. The summed E-state index contributed by atoms with van der Waals surface area (Å²) in [5, 5.41) is 3.58. The maximum Gasteiger partial charge on any atom is 0.00617 e. The van der Waals surface area contributed by atoms with Crippen LogP contribution in [-0.4, -0.2) is 12.6 Å². The van der Waals surface area contributed by atoms with Crippen LogP contribution in [0.4, 0.5) is 0 Å². The van der Waals surface area contributed by atoms with Crippen molar-refractivity contribution in [1.29, 1.82) is 0 Å². The van der Waals surface area contributed by atoms with E-state index in [0.717, 1.165) is 5.92 Å². The normalized spacial score (nSPS) is 13.4. The summed E-state index contributed by atoms with van der Waals surface area (Å²) in [5.74, 6) is 0.759. The standard InChI is InChI=1S/C14H31N/c1-5-6-7-8-9-10-11-12-15-14(4)13(2)3/h13-15H,5-12H2,1-4H3. The quantitative estimate of drug-likeness (QED) is 0.531. The van der Waals surface area contributed by atoms with E-state index < -0.39 is 0 Å². The molecule has 0 heterocycles. The molecule has 0 saturated carbocycles. The second-order valence-corrected chi connectivity index (χ2v) is 5.11. The van der Waals surface area contributed by atoms with Gasteiger partial charge < -0.3 is 5.32 Å². The molecule has 0 amide bonds. The Labute approximate surface area is 97.0 Å².